The molecule has 3 rings (SSSR count). The van der Waals surface area contributed by atoms with Gasteiger partial charge in [0.15, 0.2) is 15.1 Å². The van der Waals surface area contributed by atoms with Crippen molar-refractivity contribution in [3.05, 3.63) is 16.7 Å². The van der Waals surface area contributed by atoms with Crippen LogP contribution >= 0.6 is 22.9 Å². The summed E-state index contributed by atoms with van der Waals surface area (Å²) >= 11 is 7.42. The molecule has 0 radical (unpaired) electrons. The van der Waals surface area contributed by atoms with Crippen LogP contribution in [0.25, 0.3) is 4.96 Å². The van der Waals surface area contributed by atoms with Gasteiger partial charge in [0.2, 0.25) is 0 Å². The van der Waals surface area contributed by atoms with Crippen molar-refractivity contribution in [3.63, 3.8) is 0 Å². The van der Waals surface area contributed by atoms with E-state index in [1.807, 2.05) is 0 Å². The molecule has 0 N–H and O–H groups in total. The smallest absolute Gasteiger partial charge is 0.262 e. The number of rotatable bonds is 4. The number of hydrogen-bond donors (Lipinski definition) is 0. The summed E-state index contributed by atoms with van der Waals surface area (Å²) in [5.74, 6) is 0. The van der Waals surface area contributed by atoms with Gasteiger partial charge in [0.1, 0.15) is 0 Å². The quantitative estimate of drug-likeness (QED) is 0.845. The van der Waals surface area contributed by atoms with E-state index in [0.717, 1.165) is 26.1 Å². The molecule has 1 aliphatic heterocycles. The van der Waals surface area contributed by atoms with Crippen molar-refractivity contribution in [2.45, 2.75) is 18.4 Å². The molecule has 0 saturated carbocycles. The summed E-state index contributed by atoms with van der Waals surface area (Å²) in [6, 6.07) is 0. The molecule has 3 heterocycles. The van der Waals surface area contributed by atoms with Crippen molar-refractivity contribution < 1.29 is 8.42 Å². The Bertz CT molecular complexity index is 732. The Morgan fingerprint density at radius 3 is 2.71 bits per heavy atom. The van der Waals surface area contributed by atoms with Crippen molar-refractivity contribution in [3.8, 4) is 0 Å². The fraction of sp³-hybridized carbons (Fsp3) is 0.583. The van der Waals surface area contributed by atoms with Gasteiger partial charge in [-0.15, -0.1) is 11.3 Å². The zero-order chi connectivity index (χ0) is 15.0. The second-order valence-electron chi connectivity index (χ2n) is 5.01. The molecule has 2 aromatic rings. The Labute approximate surface area is 133 Å². The number of imidazole rings is 1. The van der Waals surface area contributed by atoms with E-state index < -0.39 is 10.0 Å². The molecule has 0 unspecified atom stereocenters. The summed E-state index contributed by atoms with van der Waals surface area (Å²) in [4.78, 5) is 6.99. The summed E-state index contributed by atoms with van der Waals surface area (Å²) in [6.07, 6.45) is 2.77. The third kappa shape index (κ3) is 2.70. The van der Waals surface area contributed by atoms with Crippen molar-refractivity contribution in [2.75, 3.05) is 32.7 Å². The van der Waals surface area contributed by atoms with Gasteiger partial charge in [0.25, 0.3) is 10.0 Å². The average Bonchev–Trinajstić information content (AvgIpc) is 2.99. The SMILES string of the molecule is CCCN1CCN(S(=O)(=O)c2c(Cl)nc3sccn23)CC1. The summed E-state index contributed by atoms with van der Waals surface area (Å²) in [6.45, 7) is 5.65. The number of nitrogens with zero attached hydrogens (tertiary/aromatic N) is 4. The standard InChI is InChI=1S/C12H17ClN4O2S2/c1-2-3-15-4-6-16(7-5-15)21(18,19)11-10(13)14-12-17(11)8-9-20-12/h8-9H,2-7H2,1H3. The maximum atomic E-state index is 12.8. The Morgan fingerprint density at radius 2 is 2.05 bits per heavy atom. The third-order valence-corrected chi connectivity index (χ3v) is 6.69. The zero-order valence-corrected chi connectivity index (χ0v) is 14.1. The third-order valence-electron chi connectivity index (χ3n) is 3.63. The summed E-state index contributed by atoms with van der Waals surface area (Å²) in [5.41, 5.74) is 0. The van der Waals surface area contributed by atoms with E-state index in [2.05, 4.69) is 16.8 Å². The van der Waals surface area contributed by atoms with Gasteiger partial charge in [-0.25, -0.2) is 13.4 Å². The van der Waals surface area contributed by atoms with Crippen LogP contribution in [0.2, 0.25) is 5.15 Å². The van der Waals surface area contributed by atoms with Crippen molar-refractivity contribution in [1.29, 1.82) is 0 Å². The molecule has 1 aliphatic rings. The van der Waals surface area contributed by atoms with Gasteiger partial charge < -0.3 is 4.90 Å². The minimum absolute atomic E-state index is 0.0536. The molecule has 116 valence electrons. The molecule has 0 bridgehead atoms. The van der Waals surface area contributed by atoms with E-state index in [-0.39, 0.29) is 10.2 Å². The van der Waals surface area contributed by atoms with Gasteiger partial charge in [-0.05, 0) is 13.0 Å². The van der Waals surface area contributed by atoms with Crippen LogP contribution in [0.4, 0.5) is 0 Å². The molecule has 9 heteroatoms. The van der Waals surface area contributed by atoms with Crippen LogP contribution in [0.1, 0.15) is 13.3 Å². The first-order valence-electron chi connectivity index (χ1n) is 6.87. The lowest BCUT2D eigenvalue weighted by molar-refractivity contribution is 0.188. The summed E-state index contributed by atoms with van der Waals surface area (Å²) < 4.78 is 28.7. The van der Waals surface area contributed by atoms with Crippen LogP contribution in [0, 0.1) is 0 Å². The van der Waals surface area contributed by atoms with Gasteiger partial charge >= 0.3 is 0 Å². The molecule has 6 nitrogen and oxygen atoms in total. The average molecular weight is 349 g/mol. The molecular formula is C12H17ClN4O2S2. The van der Waals surface area contributed by atoms with Crippen molar-refractivity contribution in [1.82, 2.24) is 18.6 Å². The number of hydrogen-bond acceptors (Lipinski definition) is 5. The number of halogens is 1. The van der Waals surface area contributed by atoms with Crippen LogP contribution < -0.4 is 0 Å². The number of aromatic nitrogens is 2. The molecular weight excluding hydrogens is 332 g/mol. The monoisotopic (exact) mass is 348 g/mol. The normalized spacial score (nSPS) is 18.6. The van der Waals surface area contributed by atoms with Crippen LogP contribution in [0.15, 0.2) is 16.6 Å². The highest BCUT2D eigenvalue weighted by Gasteiger charge is 2.33. The highest BCUT2D eigenvalue weighted by molar-refractivity contribution is 7.89. The van der Waals surface area contributed by atoms with Crippen LogP contribution in [-0.4, -0.2) is 59.7 Å². The van der Waals surface area contributed by atoms with E-state index in [1.165, 1.54) is 15.6 Å². The van der Waals surface area contributed by atoms with Gasteiger partial charge in [-0.1, -0.05) is 18.5 Å². The summed E-state index contributed by atoms with van der Waals surface area (Å²) in [7, 11) is -3.60. The fourth-order valence-electron chi connectivity index (χ4n) is 2.60. The Balaban J connectivity index is 1.88. The largest absolute Gasteiger partial charge is 0.301 e. The van der Waals surface area contributed by atoms with Crippen LogP contribution in [0.5, 0.6) is 0 Å². The number of piperazine rings is 1. The Kier molecular flexibility index (Phi) is 4.24. The topological polar surface area (TPSA) is 57.9 Å². The van der Waals surface area contributed by atoms with E-state index in [4.69, 9.17) is 11.6 Å². The van der Waals surface area contributed by atoms with E-state index >= 15 is 0 Å². The first kappa shape index (κ1) is 15.2. The van der Waals surface area contributed by atoms with Gasteiger partial charge in [0.05, 0.1) is 0 Å². The van der Waals surface area contributed by atoms with Gasteiger partial charge in [-0.2, -0.15) is 4.31 Å². The Hall–Kier alpha value is -0.670. The summed E-state index contributed by atoms with van der Waals surface area (Å²) in [5, 5.41) is 1.94. The predicted octanol–water partition coefficient (Wildman–Crippen LogP) is 1.77. The second kappa shape index (κ2) is 5.85. The maximum absolute atomic E-state index is 12.8. The van der Waals surface area contributed by atoms with Gasteiger partial charge in [-0.3, -0.25) is 4.40 Å². The van der Waals surface area contributed by atoms with E-state index in [1.54, 1.807) is 16.0 Å². The van der Waals surface area contributed by atoms with Gasteiger partial charge in [0, 0.05) is 37.8 Å². The molecule has 0 aromatic carbocycles. The number of fused-ring (bicyclic) bond motifs is 1. The lowest BCUT2D eigenvalue weighted by Gasteiger charge is -2.33. The van der Waals surface area contributed by atoms with Crippen molar-refractivity contribution in [2.24, 2.45) is 0 Å². The molecule has 1 saturated heterocycles. The molecule has 21 heavy (non-hydrogen) atoms. The molecule has 2 aromatic heterocycles. The Morgan fingerprint density at radius 1 is 1.33 bits per heavy atom. The first-order valence-corrected chi connectivity index (χ1v) is 9.57. The predicted molar refractivity (Wildman–Crippen MR) is 83.6 cm³/mol. The minimum atomic E-state index is -3.60. The molecule has 0 spiro atoms. The van der Waals surface area contributed by atoms with E-state index in [0.29, 0.717) is 18.1 Å². The van der Waals surface area contributed by atoms with Crippen molar-refractivity contribution >= 4 is 37.9 Å². The fourth-order valence-corrected chi connectivity index (χ4v) is 5.43. The highest BCUT2D eigenvalue weighted by atomic mass is 35.5. The molecule has 0 atom stereocenters. The maximum Gasteiger partial charge on any atom is 0.262 e. The number of sulfonamides is 1. The molecule has 1 fully saturated rings. The van der Waals surface area contributed by atoms with Crippen LogP contribution in [0.3, 0.4) is 0 Å². The molecule has 0 amide bonds. The molecule has 0 aliphatic carbocycles. The minimum Gasteiger partial charge on any atom is -0.301 e. The second-order valence-corrected chi connectivity index (χ2v) is 8.09. The van der Waals surface area contributed by atoms with Crippen LogP contribution in [-0.2, 0) is 10.0 Å². The first-order chi connectivity index (χ1) is 10.0. The number of thiazole rings is 1. The van der Waals surface area contributed by atoms with E-state index in [9.17, 15) is 8.42 Å². The highest BCUT2D eigenvalue weighted by Crippen LogP contribution is 2.28. The lowest BCUT2D eigenvalue weighted by atomic mass is 10.3. The zero-order valence-electron chi connectivity index (χ0n) is 11.7. The lowest BCUT2D eigenvalue weighted by Crippen LogP contribution is -2.48.